The maximum absolute atomic E-state index is 12.1. The number of allylic oxidation sites excluding steroid dienone is 4. The van der Waals surface area contributed by atoms with Gasteiger partial charge in [0.25, 0.3) is 0 Å². The number of rotatable bonds is 11. The van der Waals surface area contributed by atoms with E-state index in [1.54, 1.807) is 45.0 Å². The number of nitrogens with one attached hydrogen (secondary N) is 1. The lowest BCUT2D eigenvalue weighted by Gasteiger charge is -2.22. The minimum absolute atomic E-state index is 0.132. The molecule has 0 fully saturated rings. The van der Waals surface area contributed by atoms with Crippen LogP contribution in [-0.4, -0.2) is 54.1 Å². The standard InChI is InChI=1S/C25H31NO7S/c1-25(2,3)33-24(30)26-20(23(29)31-4)15-17-9-11-19(12-10-17)32-22(28)16-34-14-13-21(27)18-7-5-6-8-18/h5-12,18,20H,13-16H2,1-4H3,(H,26,30)/t20-/m0/s1. The van der Waals surface area contributed by atoms with E-state index in [9.17, 15) is 19.2 Å². The normalized spacial score (nSPS) is 13.9. The van der Waals surface area contributed by atoms with Crippen LogP contribution in [0.25, 0.3) is 0 Å². The molecule has 0 aliphatic heterocycles. The first-order valence-corrected chi connectivity index (χ1v) is 12.1. The minimum Gasteiger partial charge on any atom is -0.467 e. The van der Waals surface area contributed by atoms with E-state index >= 15 is 0 Å². The van der Waals surface area contributed by atoms with Gasteiger partial charge in [-0.1, -0.05) is 36.4 Å². The second-order valence-corrected chi connectivity index (χ2v) is 9.71. The van der Waals surface area contributed by atoms with Crippen molar-refractivity contribution < 1.29 is 33.4 Å². The number of hydrogen-bond acceptors (Lipinski definition) is 8. The Labute approximate surface area is 204 Å². The third kappa shape index (κ3) is 9.82. The first-order valence-electron chi connectivity index (χ1n) is 10.9. The molecule has 2 rings (SSSR count). The number of thioether (sulfide) groups is 1. The first-order chi connectivity index (χ1) is 16.1. The molecule has 1 atom stereocenters. The predicted molar refractivity (Wildman–Crippen MR) is 130 cm³/mol. The second-order valence-electron chi connectivity index (χ2n) is 8.61. The molecule has 1 N–H and O–H groups in total. The van der Waals surface area contributed by atoms with Gasteiger partial charge in [0.15, 0.2) is 0 Å². The quantitative estimate of drug-likeness (QED) is 0.285. The molecule has 1 aromatic carbocycles. The van der Waals surface area contributed by atoms with Crippen LogP contribution in [0.3, 0.4) is 0 Å². The Morgan fingerprint density at radius 3 is 2.29 bits per heavy atom. The van der Waals surface area contributed by atoms with Crippen molar-refractivity contribution in [3.63, 3.8) is 0 Å². The fourth-order valence-electron chi connectivity index (χ4n) is 3.02. The molecule has 34 heavy (non-hydrogen) atoms. The van der Waals surface area contributed by atoms with E-state index < -0.39 is 29.7 Å². The molecule has 1 aliphatic carbocycles. The van der Waals surface area contributed by atoms with Gasteiger partial charge in [-0.3, -0.25) is 9.59 Å². The minimum atomic E-state index is -0.928. The Balaban J connectivity index is 1.79. The lowest BCUT2D eigenvalue weighted by atomic mass is 10.1. The van der Waals surface area contributed by atoms with Crippen LogP contribution in [0.5, 0.6) is 5.75 Å². The molecule has 0 bridgehead atoms. The third-order valence-electron chi connectivity index (χ3n) is 4.60. The number of ether oxygens (including phenoxy) is 3. The number of methoxy groups -OCH3 is 1. The summed E-state index contributed by atoms with van der Waals surface area (Å²) in [6.45, 7) is 5.18. The topological polar surface area (TPSA) is 108 Å². The van der Waals surface area contributed by atoms with Gasteiger partial charge in [0.2, 0.25) is 0 Å². The number of alkyl carbamates (subject to hydrolysis) is 1. The lowest BCUT2D eigenvalue weighted by molar-refractivity contribution is -0.143. The summed E-state index contributed by atoms with van der Waals surface area (Å²) in [7, 11) is 1.24. The SMILES string of the molecule is COC(=O)[C@H](Cc1ccc(OC(=O)CSCCC(=O)C2C=CC=C2)cc1)NC(=O)OC(C)(C)C. The van der Waals surface area contributed by atoms with Gasteiger partial charge < -0.3 is 19.5 Å². The zero-order chi connectivity index (χ0) is 25.1. The van der Waals surface area contributed by atoms with Crippen molar-refractivity contribution in [2.45, 2.75) is 45.3 Å². The average molecular weight is 490 g/mol. The predicted octanol–water partition coefficient (Wildman–Crippen LogP) is 3.64. The molecular weight excluding hydrogens is 458 g/mol. The maximum Gasteiger partial charge on any atom is 0.408 e. The van der Waals surface area contributed by atoms with Crippen molar-refractivity contribution in [3.05, 3.63) is 54.1 Å². The summed E-state index contributed by atoms with van der Waals surface area (Å²) in [4.78, 5) is 48.2. The van der Waals surface area contributed by atoms with Crippen LogP contribution >= 0.6 is 11.8 Å². The monoisotopic (exact) mass is 489 g/mol. The van der Waals surface area contributed by atoms with E-state index in [0.717, 1.165) is 5.56 Å². The summed E-state index contributed by atoms with van der Waals surface area (Å²) in [5.74, 6) is 0.0143. The van der Waals surface area contributed by atoms with Gasteiger partial charge in [-0.2, -0.15) is 0 Å². The molecule has 1 amide bonds. The van der Waals surface area contributed by atoms with Crippen molar-refractivity contribution in [1.82, 2.24) is 5.32 Å². The van der Waals surface area contributed by atoms with Crippen LogP contribution in [0.4, 0.5) is 4.79 Å². The van der Waals surface area contributed by atoms with Gasteiger partial charge >= 0.3 is 18.0 Å². The van der Waals surface area contributed by atoms with Gasteiger partial charge in [-0.25, -0.2) is 9.59 Å². The summed E-state index contributed by atoms with van der Waals surface area (Å²) in [5.41, 5.74) is 0.0310. The van der Waals surface area contributed by atoms with Gasteiger partial charge in [0.1, 0.15) is 23.2 Å². The Morgan fingerprint density at radius 2 is 1.71 bits per heavy atom. The van der Waals surface area contributed by atoms with Gasteiger partial charge in [0.05, 0.1) is 18.8 Å². The molecule has 0 heterocycles. The van der Waals surface area contributed by atoms with E-state index in [4.69, 9.17) is 14.2 Å². The Hall–Kier alpha value is -3.07. The molecule has 0 radical (unpaired) electrons. The van der Waals surface area contributed by atoms with Gasteiger partial charge in [-0.05, 0) is 38.5 Å². The third-order valence-corrected chi connectivity index (χ3v) is 5.54. The first kappa shape index (κ1) is 27.2. The number of benzene rings is 1. The molecule has 1 aromatic rings. The number of ketones is 1. The Morgan fingerprint density at radius 1 is 1.06 bits per heavy atom. The zero-order valence-electron chi connectivity index (χ0n) is 19.9. The lowest BCUT2D eigenvalue weighted by Crippen LogP contribution is -2.45. The van der Waals surface area contributed by atoms with Crippen LogP contribution in [0.15, 0.2) is 48.6 Å². The molecule has 0 spiro atoms. The van der Waals surface area contributed by atoms with E-state index in [1.807, 2.05) is 24.3 Å². The largest absolute Gasteiger partial charge is 0.467 e. The number of amides is 1. The van der Waals surface area contributed by atoms with Crippen molar-refractivity contribution in [3.8, 4) is 5.75 Å². The highest BCUT2D eigenvalue weighted by Crippen LogP contribution is 2.17. The van der Waals surface area contributed by atoms with E-state index in [0.29, 0.717) is 17.9 Å². The molecule has 1 aliphatic rings. The number of esters is 2. The number of carbonyl (C=O) groups excluding carboxylic acids is 4. The molecule has 184 valence electrons. The molecule has 8 nitrogen and oxygen atoms in total. The number of Topliss-reactive ketones (excluding diaryl/α,β-unsaturated/α-hetero) is 1. The van der Waals surface area contributed by atoms with Crippen LogP contribution in [0, 0.1) is 5.92 Å². The summed E-state index contributed by atoms with van der Waals surface area (Å²) in [6, 6.07) is 5.69. The van der Waals surface area contributed by atoms with Crippen LogP contribution in [0.2, 0.25) is 0 Å². The highest BCUT2D eigenvalue weighted by atomic mass is 32.2. The van der Waals surface area contributed by atoms with Gasteiger partial charge in [-0.15, -0.1) is 11.8 Å². The number of carbonyl (C=O) groups is 4. The average Bonchev–Trinajstić information content (AvgIpc) is 3.30. The molecular formula is C25H31NO7S. The summed E-state index contributed by atoms with van der Waals surface area (Å²) in [5, 5.41) is 2.52. The van der Waals surface area contributed by atoms with E-state index in [1.165, 1.54) is 18.9 Å². The van der Waals surface area contributed by atoms with Gasteiger partial charge in [0, 0.05) is 18.6 Å². The Bertz CT molecular complexity index is 920. The van der Waals surface area contributed by atoms with Crippen molar-refractivity contribution >= 4 is 35.6 Å². The molecule has 0 saturated carbocycles. The van der Waals surface area contributed by atoms with E-state index in [-0.39, 0.29) is 23.9 Å². The fraction of sp³-hybridized carbons (Fsp3) is 0.440. The highest BCUT2D eigenvalue weighted by Gasteiger charge is 2.25. The summed E-state index contributed by atoms with van der Waals surface area (Å²) >= 11 is 1.35. The molecule has 9 heteroatoms. The van der Waals surface area contributed by atoms with E-state index in [2.05, 4.69) is 5.32 Å². The van der Waals surface area contributed by atoms with Crippen LogP contribution in [-0.2, 0) is 30.3 Å². The van der Waals surface area contributed by atoms with Crippen molar-refractivity contribution in [1.29, 1.82) is 0 Å². The smallest absolute Gasteiger partial charge is 0.408 e. The van der Waals surface area contributed by atoms with Crippen molar-refractivity contribution in [2.24, 2.45) is 5.92 Å². The summed E-state index contributed by atoms with van der Waals surface area (Å²) in [6.07, 6.45) is 7.26. The zero-order valence-corrected chi connectivity index (χ0v) is 20.7. The number of hydrogen-bond donors (Lipinski definition) is 1. The molecule has 0 aromatic heterocycles. The molecule has 0 saturated heterocycles. The summed E-state index contributed by atoms with van der Waals surface area (Å²) < 4.78 is 15.3. The second kappa shape index (κ2) is 13.0. The van der Waals surface area contributed by atoms with Crippen LogP contribution in [0.1, 0.15) is 32.8 Å². The maximum atomic E-state index is 12.1. The van der Waals surface area contributed by atoms with Crippen LogP contribution < -0.4 is 10.1 Å². The van der Waals surface area contributed by atoms with Crippen molar-refractivity contribution in [2.75, 3.05) is 18.6 Å². The fourth-order valence-corrected chi connectivity index (χ4v) is 3.73. The highest BCUT2D eigenvalue weighted by molar-refractivity contribution is 7.99. The Kier molecular flexibility index (Phi) is 10.4. The molecule has 0 unspecified atom stereocenters.